The highest BCUT2D eigenvalue weighted by atomic mass is 35.5. The minimum Gasteiger partial charge on any atom is -0.489 e. The fourth-order valence-electron chi connectivity index (χ4n) is 4.02. The second kappa shape index (κ2) is 10.7. The van der Waals surface area contributed by atoms with E-state index in [0.717, 1.165) is 34.0 Å². The zero-order valence-corrected chi connectivity index (χ0v) is 21.7. The summed E-state index contributed by atoms with van der Waals surface area (Å²) in [4.78, 5) is 17.5. The highest BCUT2D eigenvalue weighted by Gasteiger charge is 2.24. The van der Waals surface area contributed by atoms with E-state index in [1.54, 1.807) is 12.1 Å². The highest BCUT2D eigenvalue weighted by Crippen LogP contribution is 2.31. The van der Waals surface area contributed by atoms with E-state index in [9.17, 15) is 9.18 Å². The molecule has 0 radical (unpaired) electrons. The van der Waals surface area contributed by atoms with E-state index < -0.39 is 0 Å². The Morgan fingerprint density at radius 2 is 1.73 bits per heavy atom. The van der Waals surface area contributed by atoms with Gasteiger partial charge in [-0.05, 0) is 110 Å². The fourth-order valence-corrected chi connectivity index (χ4v) is 4.98. The molecule has 5 nitrogen and oxygen atoms in total. The van der Waals surface area contributed by atoms with Gasteiger partial charge in [0.25, 0.3) is 5.91 Å². The molecule has 0 spiro atoms. The average molecular weight is 532 g/mol. The molecular weight excluding hydrogens is 509 g/mol. The van der Waals surface area contributed by atoms with Crippen molar-refractivity contribution in [1.82, 2.24) is 9.88 Å². The van der Waals surface area contributed by atoms with Crippen LogP contribution in [0.3, 0.4) is 0 Å². The molecule has 4 aromatic rings. The maximum atomic E-state index is 13.1. The summed E-state index contributed by atoms with van der Waals surface area (Å²) in [7, 11) is 0. The summed E-state index contributed by atoms with van der Waals surface area (Å²) in [6.07, 6.45) is 1.87. The van der Waals surface area contributed by atoms with Gasteiger partial charge in [0, 0.05) is 22.1 Å². The quantitative estimate of drug-likeness (QED) is 0.264. The number of rotatable bonds is 6. The number of amides is 1. The molecule has 0 saturated carbocycles. The average Bonchev–Trinajstić information content (AvgIpc) is 3.37. The van der Waals surface area contributed by atoms with Gasteiger partial charge < -0.3 is 14.6 Å². The summed E-state index contributed by atoms with van der Waals surface area (Å²) in [5.74, 6) is 0.233. The summed E-state index contributed by atoms with van der Waals surface area (Å²) in [6, 6.07) is 23.4. The Morgan fingerprint density at radius 3 is 2.43 bits per heavy atom. The van der Waals surface area contributed by atoms with Gasteiger partial charge in [0.1, 0.15) is 18.2 Å². The molecule has 1 N–H and O–H groups in total. The first-order chi connectivity index (χ1) is 17.9. The molecule has 0 aliphatic carbocycles. The third-order valence-electron chi connectivity index (χ3n) is 5.88. The van der Waals surface area contributed by atoms with E-state index in [-0.39, 0.29) is 11.7 Å². The first-order valence-corrected chi connectivity index (χ1v) is 12.8. The Morgan fingerprint density at radius 1 is 1.03 bits per heavy atom. The van der Waals surface area contributed by atoms with Crippen LogP contribution < -0.4 is 10.1 Å². The second-order valence-corrected chi connectivity index (χ2v) is 10.00. The number of benzene rings is 3. The predicted molar refractivity (Wildman–Crippen MR) is 148 cm³/mol. The lowest BCUT2D eigenvalue weighted by atomic mass is 10.2. The minimum absolute atomic E-state index is 0.210. The lowest BCUT2D eigenvalue weighted by Crippen LogP contribution is -2.19. The van der Waals surface area contributed by atoms with E-state index >= 15 is 0 Å². The van der Waals surface area contributed by atoms with Gasteiger partial charge in [0.05, 0.1) is 10.6 Å². The van der Waals surface area contributed by atoms with Crippen molar-refractivity contribution in [1.29, 1.82) is 0 Å². The number of hydrogen-bond acceptors (Lipinski definition) is 4. The number of halogens is 2. The van der Waals surface area contributed by atoms with Gasteiger partial charge in [-0.1, -0.05) is 23.7 Å². The Bertz CT molecular complexity index is 1510. The number of aromatic nitrogens is 1. The first-order valence-electron chi connectivity index (χ1n) is 11.6. The van der Waals surface area contributed by atoms with Crippen molar-refractivity contribution >= 4 is 46.2 Å². The SMILES string of the molecule is Cc1cc(/C=C2/SC(=Nc3ccc(F)cc3)NC2=O)c(C)n1-c1ccc(OCc2ccc(Cl)cc2)cc1. The summed E-state index contributed by atoms with van der Waals surface area (Å²) < 4.78 is 21.2. The number of carbonyl (C=O) groups excluding carboxylic acids is 1. The predicted octanol–water partition coefficient (Wildman–Crippen LogP) is 7.36. The second-order valence-electron chi connectivity index (χ2n) is 8.53. The van der Waals surface area contributed by atoms with Gasteiger partial charge in [-0.25, -0.2) is 9.38 Å². The largest absolute Gasteiger partial charge is 0.489 e. The number of nitrogens with zero attached hydrogens (tertiary/aromatic N) is 2. The van der Waals surface area contributed by atoms with E-state index in [4.69, 9.17) is 16.3 Å². The van der Waals surface area contributed by atoms with Gasteiger partial charge in [0.15, 0.2) is 5.17 Å². The van der Waals surface area contributed by atoms with Crippen LogP contribution >= 0.6 is 23.4 Å². The van der Waals surface area contributed by atoms with Crippen molar-refractivity contribution < 1.29 is 13.9 Å². The van der Waals surface area contributed by atoms with Crippen molar-refractivity contribution in [2.24, 2.45) is 4.99 Å². The fraction of sp³-hybridized carbons (Fsp3) is 0.103. The number of thioether (sulfide) groups is 1. The molecule has 1 saturated heterocycles. The molecule has 0 unspecified atom stereocenters. The lowest BCUT2D eigenvalue weighted by molar-refractivity contribution is -0.115. The van der Waals surface area contributed by atoms with Crippen LogP contribution in [0.2, 0.25) is 5.02 Å². The lowest BCUT2D eigenvalue weighted by Gasteiger charge is -2.11. The van der Waals surface area contributed by atoms with Crippen LogP contribution in [0, 0.1) is 19.7 Å². The van der Waals surface area contributed by atoms with Gasteiger partial charge in [-0.15, -0.1) is 0 Å². The number of nitrogens with one attached hydrogen (secondary N) is 1. The van der Waals surface area contributed by atoms with Crippen LogP contribution in [-0.4, -0.2) is 15.6 Å². The van der Waals surface area contributed by atoms with Crippen LogP contribution in [0.1, 0.15) is 22.5 Å². The van der Waals surface area contributed by atoms with Crippen LogP contribution in [0.4, 0.5) is 10.1 Å². The van der Waals surface area contributed by atoms with Crippen molar-refractivity contribution in [3.63, 3.8) is 0 Å². The summed E-state index contributed by atoms with van der Waals surface area (Å²) >= 11 is 7.21. The Balaban J connectivity index is 1.31. The van der Waals surface area contributed by atoms with E-state index in [2.05, 4.69) is 20.9 Å². The van der Waals surface area contributed by atoms with Gasteiger partial charge in [-0.3, -0.25) is 4.79 Å². The first kappa shape index (κ1) is 24.9. The van der Waals surface area contributed by atoms with Gasteiger partial charge >= 0.3 is 0 Å². The standard InChI is InChI=1S/C29H23ClFN3O2S/c1-18-15-21(16-27-28(35)33-29(37-27)32-24-9-7-23(31)8-10-24)19(2)34(18)25-11-13-26(14-12-25)36-17-20-3-5-22(30)6-4-20/h3-16H,17H2,1-2H3,(H,32,33,35)/b27-16+. The summed E-state index contributed by atoms with van der Waals surface area (Å²) in [6.45, 7) is 4.51. The molecule has 1 fully saturated rings. The number of aliphatic imine (C=N–C) groups is 1. The minimum atomic E-state index is -0.330. The zero-order valence-electron chi connectivity index (χ0n) is 20.2. The highest BCUT2D eigenvalue weighted by molar-refractivity contribution is 8.18. The van der Waals surface area contributed by atoms with Crippen LogP contribution in [0.5, 0.6) is 5.75 Å². The molecule has 5 rings (SSSR count). The molecular formula is C29H23ClFN3O2S. The number of aryl methyl sites for hydroxylation is 1. The van der Waals surface area contributed by atoms with Crippen LogP contribution in [0.15, 0.2) is 88.8 Å². The van der Waals surface area contributed by atoms with Crippen molar-refractivity contribution in [3.05, 3.63) is 117 Å². The smallest absolute Gasteiger partial charge is 0.264 e. The Labute approximate surface area is 223 Å². The molecule has 37 heavy (non-hydrogen) atoms. The third kappa shape index (κ3) is 5.79. The Kier molecular flexibility index (Phi) is 7.17. The maximum absolute atomic E-state index is 13.1. The van der Waals surface area contributed by atoms with E-state index in [1.165, 1.54) is 23.9 Å². The van der Waals surface area contributed by atoms with Crippen molar-refractivity contribution in [3.8, 4) is 11.4 Å². The third-order valence-corrected chi connectivity index (χ3v) is 7.04. The number of hydrogen-bond donors (Lipinski definition) is 1. The monoisotopic (exact) mass is 531 g/mol. The van der Waals surface area contributed by atoms with Crippen LogP contribution in [-0.2, 0) is 11.4 Å². The summed E-state index contributed by atoms with van der Waals surface area (Å²) in [5.41, 5.74) is 5.62. The molecule has 2 heterocycles. The molecule has 1 aliphatic rings. The van der Waals surface area contributed by atoms with Gasteiger partial charge in [-0.2, -0.15) is 0 Å². The summed E-state index contributed by atoms with van der Waals surface area (Å²) in [5, 5.41) is 3.94. The van der Waals surface area contributed by atoms with Gasteiger partial charge in [0.2, 0.25) is 0 Å². The normalized spacial score (nSPS) is 15.4. The zero-order chi connectivity index (χ0) is 25.9. The molecule has 0 bridgehead atoms. The topological polar surface area (TPSA) is 55.6 Å². The molecule has 8 heteroatoms. The molecule has 0 atom stereocenters. The van der Waals surface area contributed by atoms with E-state index in [1.807, 2.05) is 68.5 Å². The molecule has 1 amide bonds. The van der Waals surface area contributed by atoms with Crippen LogP contribution in [0.25, 0.3) is 11.8 Å². The molecule has 186 valence electrons. The Hall–Kier alpha value is -3.81. The number of ether oxygens (including phenoxy) is 1. The number of carbonyl (C=O) groups is 1. The van der Waals surface area contributed by atoms with E-state index in [0.29, 0.717) is 27.4 Å². The number of amidine groups is 1. The molecule has 1 aromatic heterocycles. The molecule has 1 aliphatic heterocycles. The maximum Gasteiger partial charge on any atom is 0.264 e. The van der Waals surface area contributed by atoms with Crippen molar-refractivity contribution in [2.75, 3.05) is 0 Å². The molecule has 3 aromatic carbocycles. The van der Waals surface area contributed by atoms with Crippen molar-refractivity contribution in [2.45, 2.75) is 20.5 Å².